The second kappa shape index (κ2) is 9.38. The van der Waals surface area contributed by atoms with Crippen LogP contribution in [0.3, 0.4) is 0 Å². The molecule has 0 aliphatic heterocycles. The fourth-order valence-electron chi connectivity index (χ4n) is 2.19. The number of halogens is 2. The summed E-state index contributed by atoms with van der Waals surface area (Å²) in [5.74, 6) is 0.504. The van der Waals surface area contributed by atoms with Gasteiger partial charge in [0, 0.05) is 31.3 Å². The fraction of sp³-hybridized carbons (Fsp3) is 0.353. The molecule has 0 radical (unpaired) electrons. The van der Waals surface area contributed by atoms with Gasteiger partial charge in [0.15, 0.2) is 10.9 Å². The molecule has 1 heterocycles. The molecular weight excluding hydrogens is 379 g/mol. The monoisotopic (exact) mass is 398 g/mol. The number of anilines is 1. The van der Waals surface area contributed by atoms with Gasteiger partial charge in [0.25, 0.3) is 0 Å². The number of carbonyl (C=O) groups is 1. The molecule has 0 atom stereocenters. The van der Waals surface area contributed by atoms with E-state index >= 15 is 0 Å². The third-order valence-electron chi connectivity index (χ3n) is 3.47. The van der Waals surface area contributed by atoms with Gasteiger partial charge in [-0.15, -0.1) is 0 Å². The molecule has 0 aliphatic carbocycles. The quantitative estimate of drug-likeness (QED) is 0.413. The van der Waals surface area contributed by atoms with E-state index in [0.29, 0.717) is 33.1 Å². The van der Waals surface area contributed by atoms with Crippen LogP contribution in [0.1, 0.15) is 15.9 Å². The summed E-state index contributed by atoms with van der Waals surface area (Å²) in [4.78, 5) is 23.5. The molecule has 0 spiro atoms. The van der Waals surface area contributed by atoms with Crippen molar-refractivity contribution in [2.45, 2.75) is 11.6 Å². The number of nitrogens with one attached hydrogen (secondary N) is 1. The Morgan fingerprint density at radius 3 is 2.56 bits per heavy atom. The van der Waals surface area contributed by atoms with Crippen LogP contribution in [0.5, 0.6) is 0 Å². The molecule has 0 saturated heterocycles. The molecule has 0 amide bonds. The van der Waals surface area contributed by atoms with Gasteiger partial charge < -0.3 is 10.2 Å². The van der Waals surface area contributed by atoms with Crippen molar-refractivity contribution in [1.82, 2.24) is 14.9 Å². The second-order valence-electron chi connectivity index (χ2n) is 5.66. The van der Waals surface area contributed by atoms with Gasteiger partial charge >= 0.3 is 0 Å². The lowest BCUT2D eigenvalue weighted by Crippen LogP contribution is -2.22. The Labute approximate surface area is 162 Å². The van der Waals surface area contributed by atoms with Gasteiger partial charge in [-0.25, -0.2) is 9.97 Å². The van der Waals surface area contributed by atoms with Crippen molar-refractivity contribution in [2.75, 3.05) is 38.8 Å². The molecule has 0 fully saturated rings. The van der Waals surface area contributed by atoms with Crippen LogP contribution in [-0.2, 0) is 6.42 Å². The molecule has 0 unspecified atom stereocenters. The first-order chi connectivity index (χ1) is 11.9. The van der Waals surface area contributed by atoms with Gasteiger partial charge in [0.2, 0.25) is 0 Å². The fourth-order valence-corrected chi connectivity index (χ4v) is 3.14. The maximum absolute atomic E-state index is 12.7. The number of thioether (sulfide) groups is 1. The summed E-state index contributed by atoms with van der Waals surface area (Å²) >= 11 is 13.7. The largest absolute Gasteiger partial charge is 0.368 e. The zero-order valence-electron chi connectivity index (χ0n) is 14.3. The number of aromatic nitrogens is 2. The average molecular weight is 399 g/mol. The number of hydrogen-bond acceptors (Lipinski definition) is 6. The molecule has 2 rings (SSSR count). The minimum Gasteiger partial charge on any atom is -0.368 e. The zero-order valence-corrected chi connectivity index (χ0v) is 16.7. The highest BCUT2D eigenvalue weighted by molar-refractivity contribution is 7.98. The van der Waals surface area contributed by atoms with E-state index in [2.05, 4.69) is 20.2 Å². The molecule has 8 heteroatoms. The number of benzene rings is 1. The molecule has 0 saturated carbocycles. The summed E-state index contributed by atoms with van der Waals surface area (Å²) in [6.45, 7) is 1.56. The van der Waals surface area contributed by atoms with E-state index in [1.807, 2.05) is 20.4 Å². The van der Waals surface area contributed by atoms with Crippen LogP contribution in [-0.4, -0.2) is 54.1 Å². The first-order valence-electron chi connectivity index (χ1n) is 7.68. The Morgan fingerprint density at radius 2 is 1.96 bits per heavy atom. The van der Waals surface area contributed by atoms with Crippen molar-refractivity contribution < 1.29 is 4.79 Å². The zero-order chi connectivity index (χ0) is 18.4. The minimum absolute atomic E-state index is 0.127. The first-order valence-corrected chi connectivity index (χ1v) is 9.66. The van der Waals surface area contributed by atoms with E-state index in [4.69, 9.17) is 23.2 Å². The van der Waals surface area contributed by atoms with E-state index in [0.717, 1.165) is 12.1 Å². The number of ketones is 1. The smallest absolute Gasteiger partial charge is 0.189 e. The maximum atomic E-state index is 12.7. The third kappa shape index (κ3) is 5.57. The lowest BCUT2D eigenvalue weighted by molar-refractivity contribution is 0.0993. The van der Waals surface area contributed by atoms with E-state index in [9.17, 15) is 4.79 Å². The average Bonchev–Trinajstić information content (AvgIpc) is 2.55. The minimum atomic E-state index is -0.160. The second-order valence-corrected chi connectivity index (χ2v) is 7.25. The summed E-state index contributed by atoms with van der Waals surface area (Å²) in [7, 11) is 4.00. The number of Topliss-reactive ketones (excluding diaryl/α,β-unsaturated/α-hetero) is 1. The third-order valence-corrected chi connectivity index (χ3v) is 4.66. The highest BCUT2D eigenvalue weighted by Crippen LogP contribution is 2.27. The summed E-state index contributed by atoms with van der Waals surface area (Å²) in [5, 5.41) is 4.63. The van der Waals surface area contributed by atoms with E-state index < -0.39 is 0 Å². The van der Waals surface area contributed by atoms with Crippen LogP contribution in [0, 0.1) is 0 Å². The van der Waals surface area contributed by atoms with Gasteiger partial charge in [0.05, 0.1) is 15.6 Å². The van der Waals surface area contributed by atoms with E-state index in [-0.39, 0.29) is 12.2 Å². The standard InChI is InChI=1S/C17H20Cl2N4OS/c1-23(2)8-7-20-16-11(10-21-17(22-16)25-3)9-14(24)15-12(18)5-4-6-13(15)19/h4-6,10H,7-9H2,1-3H3,(H,20,21,22). The molecule has 134 valence electrons. The van der Waals surface area contributed by atoms with Crippen LogP contribution in [0.4, 0.5) is 5.82 Å². The molecule has 0 aliphatic rings. The van der Waals surface area contributed by atoms with E-state index in [1.165, 1.54) is 11.8 Å². The number of carbonyl (C=O) groups excluding carboxylic acids is 1. The van der Waals surface area contributed by atoms with Crippen LogP contribution < -0.4 is 5.32 Å². The molecule has 0 bridgehead atoms. The van der Waals surface area contributed by atoms with E-state index in [1.54, 1.807) is 24.4 Å². The number of likely N-dealkylation sites (N-methyl/N-ethyl adjacent to an activating group) is 1. The normalized spacial score (nSPS) is 11.0. The number of nitrogens with zero attached hydrogens (tertiary/aromatic N) is 3. The first kappa shape index (κ1) is 20.0. The molecule has 1 aromatic carbocycles. The Hall–Kier alpha value is -1.34. The summed E-state index contributed by atoms with van der Waals surface area (Å²) in [5.41, 5.74) is 1.05. The Morgan fingerprint density at radius 1 is 1.28 bits per heavy atom. The predicted molar refractivity (Wildman–Crippen MR) is 105 cm³/mol. The summed E-state index contributed by atoms with van der Waals surface area (Å²) < 4.78 is 0. The molecule has 1 aromatic heterocycles. The van der Waals surface area contributed by atoms with Crippen molar-refractivity contribution in [2.24, 2.45) is 0 Å². The van der Waals surface area contributed by atoms with Crippen LogP contribution in [0.15, 0.2) is 29.6 Å². The van der Waals surface area contributed by atoms with Gasteiger partial charge in [0.1, 0.15) is 5.82 Å². The van der Waals surface area contributed by atoms with Crippen LogP contribution >= 0.6 is 35.0 Å². The van der Waals surface area contributed by atoms with Crippen LogP contribution in [0.2, 0.25) is 10.0 Å². The van der Waals surface area contributed by atoms with Crippen molar-refractivity contribution in [3.8, 4) is 0 Å². The Balaban J connectivity index is 2.24. The Bertz CT molecular complexity index is 735. The SMILES string of the molecule is CSc1ncc(CC(=O)c2c(Cl)cccc2Cl)c(NCCN(C)C)n1. The van der Waals surface area contributed by atoms with Gasteiger partial charge in [-0.05, 0) is 32.5 Å². The van der Waals surface area contributed by atoms with Gasteiger partial charge in [-0.1, -0.05) is 41.0 Å². The Kier molecular flexibility index (Phi) is 7.50. The van der Waals surface area contributed by atoms with Crippen molar-refractivity contribution in [3.05, 3.63) is 45.6 Å². The molecule has 1 N–H and O–H groups in total. The highest BCUT2D eigenvalue weighted by atomic mass is 35.5. The van der Waals surface area contributed by atoms with Crippen molar-refractivity contribution >= 4 is 46.6 Å². The highest BCUT2D eigenvalue weighted by Gasteiger charge is 2.18. The molecule has 25 heavy (non-hydrogen) atoms. The predicted octanol–water partition coefficient (Wildman–Crippen LogP) is 3.90. The topological polar surface area (TPSA) is 58.1 Å². The molecule has 5 nitrogen and oxygen atoms in total. The summed E-state index contributed by atoms with van der Waals surface area (Å²) in [6.07, 6.45) is 3.72. The number of hydrogen-bond donors (Lipinski definition) is 1. The van der Waals surface area contributed by atoms with Crippen molar-refractivity contribution in [1.29, 1.82) is 0 Å². The molecular formula is C17H20Cl2N4OS. The van der Waals surface area contributed by atoms with Crippen LogP contribution in [0.25, 0.3) is 0 Å². The summed E-state index contributed by atoms with van der Waals surface area (Å²) in [6, 6.07) is 5.03. The van der Waals surface area contributed by atoms with Gasteiger partial charge in [-0.2, -0.15) is 0 Å². The number of rotatable bonds is 8. The van der Waals surface area contributed by atoms with Crippen molar-refractivity contribution in [3.63, 3.8) is 0 Å². The van der Waals surface area contributed by atoms with Gasteiger partial charge in [-0.3, -0.25) is 4.79 Å². The maximum Gasteiger partial charge on any atom is 0.189 e. The lowest BCUT2D eigenvalue weighted by Gasteiger charge is -2.14. The lowest BCUT2D eigenvalue weighted by atomic mass is 10.0. The molecule has 2 aromatic rings.